The van der Waals surface area contributed by atoms with Crippen LogP contribution in [0.3, 0.4) is 0 Å². The summed E-state index contributed by atoms with van der Waals surface area (Å²) in [6.45, 7) is 1.46. The fourth-order valence-corrected chi connectivity index (χ4v) is 6.30. The molecule has 2 heterocycles. The van der Waals surface area contributed by atoms with E-state index in [4.69, 9.17) is 17.0 Å². The highest BCUT2D eigenvalue weighted by Gasteiger charge is 2.56. The first-order chi connectivity index (χ1) is 18.4. The number of rotatable bonds is 8. The number of ether oxygens (including phenoxy) is 1. The molecule has 2 aliphatic rings. The monoisotopic (exact) mass is 542 g/mol. The van der Waals surface area contributed by atoms with E-state index in [0.717, 1.165) is 16.7 Å². The average molecular weight is 543 g/mol. The van der Waals surface area contributed by atoms with Crippen molar-refractivity contribution in [1.82, 2.24) is 10.2 Å². The molecule has 192 valence electrons. The van der Waals surface area contributed by atoms with Crippen molar-refractivity contribution in [1.29, 1.82) is 0 Å². The van der Waals surface area contributed by atoms with Gasteiger partial charge in [0.05, 0.1) is 6.42 Å². The van der Waals surface area contributed by atoms with Crippen molar-refractivity contribution in [3.05, 3.63) is 119 Å². The Morgan fingerprint density at radius 1 is 0.947 bits per heavy atom. The van der Waals surface area contributed by atoms with Crippen LogP contribution in [0.4, 0.5) is 0 Å². The number of hydrogen-bond acceptors (Lipinski definition) is 6. The number of amides is 2. The summed E-state index contributed by atoms with van der Waals surface area (Å²) in [5.74, 6) is -0.713. The molecule has 3 aromatic carbocycles. The standard InChI is InChI=1S/C30H26N2O4S2/c1-19(33)23-18-38-29-25(31-24(34)17-20-11-5-2-6-12-20)28(35)32(29)26(23)30(37)36-27(21-13-7-3-8-14-21)22-15-9-4-10-16-22/h2-16,18,25-27,29H,17H2,1H3,(H,31,34)/t25?,26?,29-/m1/s1. The van der Waals surface area contributed by atoms with Gasteiger partial charge in [0.1, 0.15) is 23.6 Å². The molecular weight excluding hydrogens is 516 g/mol. The van der Waals surface area contributed by atoms with E-state index in [1.807, 2.05) is 91.0 Å². The summed E-state index contributed by atoms with van der Waals surface area (Å²) in [5.41, 5.74) is 3.07. The van der Waals surface area contributed by atoms with Crippen molar-refractivity contribution < 1.29 is 19.1 Å². The Bertz CT molecular complexity index is 1340. The summed E-state index contributed by atoms with van der Waals surface area (Å²) in [5, 5.41) is 4.35. The van der Waals surface area contributed by atoms with Crippen LogP contribution in [0.15, 0.2) is 102 Å². The third-order valence-electron chi connectivity index (χ3n) is 6.58. The molecule has 2 aliphatic heterocycles. The van der Waals surface area contributed by atoms with Gasteiger partial charge in [-0.2, -0.15) is 0 Å². The van der Waals surface area contributed by atoms with Crippen LogP contribution in [0.2, 0.25) is 0 Å². The van der Waals surface area contributed by atoms with Gasteiger partial charge in [-0.3, -0.25) is 14.4 Å². The molecule has 0 bridgehead atoms. The first-order valence-corrected chi connectivity index (χ1v) is 13.6. The lowest BCUT2D eigenvalue weighted by Crippen LogP contribution is -2.74. The summed E-state index contributed by atoms with van der Waals surface area (Å²) in [7, 11) is 0. The van der Waals surface area contributed by atoms with Gasteiger partial charge >= 0.3 is 0 Å². The minimum absolute atomic E-state index is 0.136. The summed E-state index contributed by atoms with van der Waals surface area (Å²) in [6.07, 6.45) is -0.332. The van der Waals surface area contributed by atoms with E-state index in [2.05, 4.69) is 5.32 Å². The lowest BCUT2D eigenvalue weighted by molar-refractivity contribution is -0.150. The number of benzene rings is 3. The SMILES string of the molecule is CC(=O)C1=CS[C@@H]2C(NC(=O)Cc3ccccc3)C(=O)N2C1C(=S)OC(c1ccccc1)c1ccccc1. The molecule has 2 amide bonds. The molecule has 0 spiro atoms. The Morgan fingerprint density at radius 2 is 1.50 bits per heavy atom. The maximum absolute atomic E-state index is 13.3. The van der Waals surface area contributed by atoms with Crippen molar-refractivity contribution in [2.45, 2.75) is 36.9 Å². The second-order valence-corrected chi connectivity index (χ2v) is 10.5. The van der Waals surface area contributed by atoms with Gasteiger partial charge in [-0.15, -0.1) is 11.8 Å². The Hall–Kier alpha value is -3.75. The summed E-state index contributed by atoms with van der Waals surface area (Å²) in [4.78, 5) is 40.1. The molecule has 2 unspecified atom stereocenters. The fourth-order valence-electron chi connectivity index (χ4n) is 4.68. The molecule has 38 heavy (non-hydrogen) atoms. The summed E-state index contributed by atoms with van der Waals surface area (Å²) >= 11 is 7.11. The number of fused-ring (bicyclic) bond motifs is 1. The molecule has 0 aromatic heterocycles. The number of thiocarbonyl (C=S) groups is 1. The van der Waals surface area contributed by atoms with E-state index < -0.39 is 18.2 Å². The van der Waals surface area contributed by atoms with Gasteiger partial charge < -0.3 is 15.0 Å². The maximum Gasteiger partial charge on any atom is 0.250 e. The zero-order valence-corrected chi connectivity index (χ0v) is 22.3. The molecule has 8 heteroatoms. The largest absolute Gasteiger partial charge is 0.472 e. The summed E-state index contributed by atoms with van der Waals surface area (Å²) < 4.78 is 6.39. The molecule has 0 saturated carbocycles. The van der Waals surface area contributed by atoms with Gasteiger partial charge in [-0.25, -0.2) is 0 Å². The number of nitrogens with one attached hydrogen (secondary N) is 1. The normalized spacial score (nSPS) is 20.2. The van der Waals surface area contributed by atoms with E-state index in [-0.39, 0.29) is 34.4 Å². The Labute approximate surface area is 231 Å². The molecule has 1 fully saturated rings. The molecule has 1 saturated heterocycles. The highest BCUT2D eigenvalue weighted by atomic mass is 32.2. The topological polar surface area (TPSA) is 75.7 Å². The number of hydrogen-bond donors (Lipinski definition) is 1. The van der Waals surface area contributed by atoms with Crippen LogP contribution < -0.4 is 5.32 Å². The van der Waals surface area contributed by atoms with Crippen molar-refractivity contribution in [3.8, 4) is 0 Å². The molecule has 5 rings (SSSR count). The van der Waals surface area contributed by atoms with Crippen molar-refractivity contribution >= 4 is 46.6 Å². The molecule has 0 aliphatic carbocycles. The number of ketones is 1. The first kappa shape index (κ1) is 25.9. The van der Waals surface area contributed by atoms with Gasteiger partial charge in [-0.1, -0.05) is 91.0 Å². The minimum Gasteiger partial charge on any atom is -0.472 e. The fraction of sp³-hybridized carbons (Fsp3) is 0.200. The van der Waals surface area contributed by atoms with E-state index in [1.165, 1.54) is 18.7 Å². The first-order valence-electron chi connectivity index (χ1n) is 12.3. The molecule has 3 atom stereocenters. The van der Waals surface area contributed by atoms with Crippen LogP contribution in [0.25, 0.3) is 0 Å². The zero-order valence-electron chi connectivity index (χ0n) is 20.7. The Balaban J connectivity index is 1.37. The number of nitrogens with zero attached hydrogens (tertiary/aromatic N) is 1. The van der Waals surface area contributed by atoms with Crippen molar-refractivity contribution in [2.75, 3.05) is 0 Å². The second-order valence-electron chi connectivity index (χ2n) is 9.15. The lowest BCUT2D eigenvalue weighted by Gasteiger charge is -2.52. The average Bonchev–Trinajstić information content (AvgIpc) is 2.95. The van der Waals surface area contributed by atoms with Crippen molar-refractivity contribution in [3.63, 3.8) is 0 Å². The second kappa shape index (κ2) is 11.3. The van der Waals surface area contributed by atoms with E-state index in [0.29, 0.717) is 5.57 Å². The smallest absolute Gasteiger partial charge is 0.250 e. The predicted molar refractivity (Wildman–Crippen MR) is 151 cm³/mol. The highest BCUT2D eigenvalue weighted by Crippen LogP contribution is 2.41. The lowest BCUT2D eigenvalue weighted by atomic mass is 9.95. The van der Waals surface area contributed by atoms with Gasteiger partial charge in [-0.05, 0) is 41.2 Å². The van der Waals surface area contributed by atoms with Crippen LogP contribution in [-0.4, -0.2) is 45.0 Å². The van der Waals surface area contributed by atoms with Crippen LogP contribution in [0.5, 0.6) is 0 Å². The third kappa shape index (κ3) is 5.28. The van der Waals surface area contributed by atoms with Crippen LogP contribution in [0, 0.1) is 0 Å². The van der Waals surface area contributed by atoms with Gasteiger partial charge in [0.2, 0.25) is 11.8 Å². The zero-order chi connectivity index (χ0) is 26.6. The third-order valence-corrected chi connectivity index (χ3v) is 8.07. The van der Waals surface area contributed by atoms with Crippen LogP contribution in [0.1, 0.15) is 29.7 Å². The molecule has 0 radical (unpaired) electrons. The van der Waals surface area contributed by atoms with Gasteiger partial charge in [0, 0.05) is 5.57 Å². The minimum atomic E-state index is -0.821. The number of Topliss-reactive ketones (excluding diaryl/α,β-unsaturated/α-hetero) is 1. The van der Waals surface area contributed by atoms with Crippen molar-refractivity contribution in [2.24, 2.45) is 0 Å². The van der Waals surface area contributed by atoms with Gasteiger partial charge in [0.25, 0.3) is 0 Å². The Morgan fingerprint density at radius 3 is 2.05 bits per heavy atom. The Kier molecular flexibility index (Phi) is 7.72. The number of thioether (sulfide) groups is 1. The number of carbonyl (C=O) groups excluding carboxylic acids is 3. The van der Waals surface area contributed by atoms with Gasteiger partial charge in [0.15, 0.2) is 10.8 Å². The van der Waals surface area contributed by atoms with E-state index in [1.54, 1.807) is 10.3 Å². The van der Waals surface area contributed by atoms with E-state index >= 15 is 0 Å². The van der Waals surface area contributed by atoms with Crippen LogP contribution in [-0.2, 0) is 25.5 Å². The predicted octanol–water partition coefficient (Wildman–Crippen LogP) is 4.60. The maximum atomic E-state index is 13.3. The quantitative estimate of drug-likeness (QED) is 0.331. The highest BCUT2D eigenvalue weighted by molar-refractivity contribution is 8.03. The summed E-state index contributed by atoms with van der Waals surface area (Å²) in [6, 6.07) is 27.2. The number of β-lactam (4-membered cyclic amide) rings is 1. The number of carbonyl (C=O) groups is 3. The van der Waals surface area contributed by atoms with Crippen LogP contribution >= 0.6 is 24.0 Å². The van der Waals surface area contributed by atoms with E-state index in [9.17, 15) is 14.4 Å². The molecular formula is C30H26N2O4S2. The molecule has 3 aromatic rings. The molecule has 6 nitrogen and oxygen atoms in total. The molecule has 1 N–H and O–H groups in total.